The van der Waals surface area contributed by atoms with Gasteiger partial charge in [0.1, 0.15) is 0 Å². The summed E-state index contributed by atoms with van der Waals surface area (Å²) < 4.78 is 0. The highest BCUT2D eigenvalue weighted by Crippen LogP contribution is 2.20. The van der Waals surface area contributed by atoms with Gasteiger partial charge in [-0.25, -0.2) is 0 Å². The van der Waals surface area contributed by atoms with Gasteiger partial charge in [0.15, 0.2) is 0 Å². The zero-order valence-electron chi connectivity index (χ0n) is 12.5. The second-order valence-corrected chi connectivity index (χ2v) is 6.25. The van der Waals surface area contributed by atoms with E-state index < -0.39 is 0 Å². The van der Waals surface area contributed by atoms with E-state index in [1.807, 2.05) is 38.2 Å². The number of carbonyl (C=O) groups excluding carboxylic acids is 1. The molecule has 0 radical (unpaired) electrons. The fourth-order valence-electron chi connectivity index (χ4n) is 1.92. The van der Waals surface area contributed by atoms with E-state index in [1.54, 1.807) is 17.5 Å². The third kappa shape index (κ3) is 4.95. The highest BCUT2D eigenvalue weighted by Gasteiger charge is 2.09. The molecule has 0 unspecified atom stereocenters. The molecule has 0 atom stereocenters. The SMILES string of the molecule is Cc1cc(C(=O)NCCCNCc2cccnc2)sc1C. The third-order valence-corrected chi connectivity index (χ3v) is 4.41. The first kappa shape index (κ1) is 15.7. The number of aryl methyl sites for hydroxylation is 2. The number of rotatable bonds is 7. The standard InChI is InChI=1S/C16H21N3OS/c1-12-9-15(21-13(12)2)16(20)19-8-4-7-18-11-14-5-3-6-17-10-14/h3,5-6,9-10,18H,4,7-8,11H2,1-2H3,(H,19,20). The predicted molar refractivity (Wildman–Crippen MR) is 86.7 cm³/mol. The maximum absolute atomic E-state index is 11.9. The maximum atomic E-state index is 11.9. The molecule has 4 nitrogen and oxygen atoms in total. The highest BCUT2D eigenvalue weighted by molar-refractivity contribution is 7.14. The molecule has 0 aliphatic carbocycles. The lowest BCUT2D eigenvalue weighted by Crippen LogP contribution is -2.26. The third-order valence-electron chi connectivity index (χ3n) is 3.26. The van der Waals surface area contributed by atoms with Crippen molar-refractivity contribution >= 4 is 17.2 Å². The molecule has 2 rings (SSSR count). The summed E-state index contributed by atoms with van der Waals surface area (Å²) in [4.78, 5) is 18.0. The van der Waals surface area contributed by atoms with Gasteiger partial charge in [-0.2, -0.15) is 0 Å². The van der Waals surface area contributed by atoms with Crippen molar-refractivity contribution in [3.8, 4) is 0 Å². The molecule has 112 valence electrons. The molecule has 0 aromatic carbocycles. The lowest BCUT2D eigenvalue weighted by Gasteiger charge is -2.05. The van der Waals surface area contributed by atoms with Crippen LogP contribution in [-0.4, -0.2) is 24.0 Å². The molecule has 0 bridgehead atoms. The van der Waals surface area contributed by atoms with Gasteiger partial charge in [-0.3, -0.25) is 9.78 Å². The van der Waals surface area contributed by atoms with E-state index in [2.05, 4.69) is 15.6 Å². The minimum absolute atomic E-state index is 0.0310. The first-order chi connectivity index (χ1) is 10.2. The summed E-state index contributed by atoms with van der Waals surface area (Å²) >= 11 is 1.55. The van der Waals surface area contributed by atoms with Gasteiger partial charge in [-0.1, -0.05) is 6.07 Å². The molecular formula is C16H21N3OS. The largest absolute Gasteiger partial charge is 0.351 e. The molecule has 0 saturated carbocycles. The Morgan fingerprint density at radius 2 is 2.19 bits per heavy atom. The number of nitrogens with zero attached hydrogens (tertiary/aromatic N) is 1. The quantitative estimate of drug-likeness (QED) is 0.773. The molecule has 1 amide bonds. The summed E-state index contributed by atoms with van der Waals surface area (Å²) in [6.07, 6.45) is 4.54. The fourth-order valence-corrected chi connectivity index (χ4v) is 2.87. The second kappa shape index (κ2) is 7.90. The minimum atomic E-state index is 0.0310. The van der Waals surface area contributed by atoms with Crippen LogP contribution < -0.4 is 10.6 Å². The molecule has 0 aliphatic heterocycles. The number of hydrogen-bond acceptors (Lipinski definition) is 4. The molecule has 0 aliphatic rings. The Labute approximate surface area is 129 Å². The van der Waals surface area contributed by atoms with Gasteiger partial charge in [0.2, 0.25) is 0 Å². The van der Waals surface area contributed by atoms with Gasteiger partial charge in [-0.05, 0) is 50.1 Å². The average molecular weight is 303 g/mol. The first-order valence-corrected chi connectivity index (χ1v) is 7.93. The van der Waals surface area contributed by atoms with Gasteiger partial charge in [-0.15, -0.1) is 11.3 Å². The number of carbonyl (C=O) groups is 1. The van der Waals surface area contributed by atoms with E-state index in [-0.39, 0.29) is 5.91 Å². The van der Waals surface area contributed by atoms with Crippen LogP contribution in [0.5, 0.6) is 0 Å². The Bertz CT molecular complexity index is 561. The molecule has 21 heavy (non-hydrogen) atoms. The molecule has 2 aromatic heterocycles. The van der Waals surface area contributed by atoms with Crippen LogP contribution in [0.15, 0.2) is 30.6 Å². The Morgan fingerprint density at radius 1 is 1.33 bits per heavy atom. The van der Waals surface area contributed by atoms with E-state index in [9.17, 15) is 4.79 Å². The number of hydrogen-bond donors (Lipinski definition) is 2. The summed E-state index contributed by atoms with van der Waals surface area (Å²) in [7, 11) is 0. The van der Waals surface area contributed by atoms with Gasteiger partial charge in [0.25, 0.3) is 5.91 Å². The lowest BCUT2D eigenvalue weighted by atomic mass is 10.3. The smallest absolute Gasteiger partial charge is 0.261 e. The van der Waals surface area contributed by atoms with Gasteiger partial charge < -0.3 is 10.6 Å². The number of thiophene rings is 1. The molecule has 2 N–H and O–H groups in total. The van der Waals surface area contributed by atoms with Crippen molar-refractivity contribution < 1.29 is 4.79 Å². The fraction of sp³-hybridized carbons (Fsp3) is 0.375. The van der Waals surface area contributed by atoms with Crippen molar-refractivity contribution in [1.82, 2.24) is 15.6 Å². The predicted octanol–water partition coefficient (Wildman–Crippen LogP) is 2.67. The summed E-state index contributed by atoms with van der Waals surface area (Å²) in [6.45, 7) is 6.45. The Balaban J connectivity index is 1.60. The molecule has 0 fully saturated rings. The van der Waals surface area contributed by atoms with Crippen LogP contribution in [0.3, 0.4) is 0 Å². The Hall–Kier alpha value is -1.72. The van der Waals surface area contributed by atoms with Crippen LogP contribution in [0.4, 0.5) is 0 Å². The van der Waals surface area contributed by atoms with Gasteiger partial charge in [0.05, 0.1) is 4.88 Å². The van der Waals surface area contributed by atoms with E-state index in [0.29, 0.717) is 6.54 Å². The van der Waals surface area contributed by atoms with Crippen LogP contribution in [0, 0.1) is 13.8 Å². The Morgan fingerprint density at radius 3 is 2.86 bits per heavy atom. The van der Waals surface area contributed by atoms with E-state index in [0.717, 1.165) is 24.4 Å². The van der Waals surface area contributed by atoms with Crippen LogP contribution in [0.1, 0.15) is 32.1 Å². The molecule has 0 spiro atoms. The minimum Gasteiger partial charge on any atom is -0.351 e. The molecule has 5 heteroatoms. The zero-order valence-corrected chi connectivity index (χ0v) is 13.3. The summed E-state index contributed by atoms with van der Waals surface area (Å²) in [5.74, 6) is 0.0310. The molecule has 2 heterocycles. The van der Waals surface area contributed by atoms with E-state index in [4.69, 9.17) is 0 Å². The summed E-state index contributed by atoms with van der Waals surface area (Å²) in [5.41, 5.74) is 2.36. The molecular weight excluding hydrogens is 282 g/mol. The highest BCUT2D eigenvalue weighted by atomic mass is 32.1. The Kier molecular flexibility index (Phi) is 5.90. The zero-order chi connectivity index (χ0) is 15.1. The first-order valence-electron chi connectivity index (χ1n) is 7.11. The van der Waals surface area contributed by atoms with Gasteiger partial charge in [0, 0.05) is 30.4 Å². The van der Waals surface area contributed by atoms with Crippen LogP contribution >= 0.6 is 11.3 Å². The van der Waals surface area contributed by atoms with E-state index in [1.165, 1.54) is 16.0 Å². The maximum Gasteiger partial charge on any atom is 0.261 e. The number of nitrogens with one attached hydrogen (secondary N) is 2. The summed E-state index contributed by atoms with van der Waals surface area (Å²) in [5, 5.41) is 6.30. The number of amides is 1. The van der Waals surface area contributed by atoms with Crippen molar-refractivity contribution in [1.29, 1.82) is 0 Å². The molecule has 2 aromatic rings. The van der Waals surface area contributed by atoms with Crippen LogP contribution in [-0.2, 0) is 6.54 Å². The van der Waals surface area contributed by atoms with Crippen molar-refractivity contribution in [2.45, 2.75) is 26.8 Å². The van der Waals surface area contributed by atoms with Crippen LogP contribution in [0.2, 0.25) is 0 Å². The second-order valence-electron chi connectivity index (χ2n) is 5.00. The number of pyridine rings is 1. The van der Waals surface area contributed by atoms with Crippen molar-refractivity contribution in [3.05, 3.63) is 51.5 Å². The van der Waals surface area contributed by atoms with Crippen LogP contribution in [0.25, 0.3) is 0 Å². The topological polar surface area (TPSA) is 54.0 Å². The summed E-state index contributed by atoms with van der Waals surface area (Å²) in [6, 6.07) is 5.93. The lowest BCUT2D eigenvalue weighted by molar-refractivity contribution is 0.0957. The normalized spacial score (nSPS) is 10.6. The van der Waals surface area contributed by atoms with Crippen molar-refractivity contribution in [2.75, 3.05) is 13.1 Å². The van der Waals surface area contributed by atoms with Gasteiger partial charge >= 0.3 is 0 Å². The van der Waals surface area contributed by atoms with E-state index >= 15 is 0 Å². The van der Waals surface area contributed by atoms with Crippen molar-refractivity contribution in [3.63, 3.8) is 0 Å². The average Bonchev–Trinajstić information content (AvgIpc) is 2.83. The van der Waals surface area contributed by atoms with Crippen molar-refractivity contribution in [2.24, 2.45) is 0 Å². The number of aromatic nitrogens is 1. The molecule has 0 saturated heterocycles. The monoisotopic (exact) mass is 303 g/mol.